The summed E-state index contributed by atoms with van der Waals surface area (Å²) in [5, 5.41) is 5.45. The van der Waals surface area contributed by atoms with Crippen molar-refractivity contribution < 1.29 is 9.53 Å². The Labute approximate surface area is 136 Å². The fraction of sp³-hybridized carbons (Fsp3) is 0.588. The lowest BCUT2D eigenvalue weighted by molar-refractivity contribution is -0.148. The number of carbonyl (C=O) groups is 1. The fourth-order valence-electron chi connectivity index (χ4n) is 3.21. The van der Waals surface area contributed by atoms with Crippen LogP contribution in [-0.2, 0) is 16.1 Å². The van der Waals surface area contributed by atoms with Crippen LogP contribution in [0.1, 0.15) is 45.2 Å². The summed E-state index contributed by atoms with van der Waals surface area (Å²) < 4.78 is 7.11. The maximum Gasteiger partial charge on any atom is 0.323 e. The van der Waals surface area contributed by atoms with Crippen LogP contribution >= 0.6 is 0 Å². The summed E-state index contributed by atoms with van der Waals surface area (Å²) >= 11 is 0. The Morgan fingerprint density at radius 1 is 1.43 bits per heavy atom. The lowest BCUT2D eigenvalue weighted by Gasteiger charge is -2.22. The summed E-state index contributed by atoms with van der Waals surface area (Å²) in [5.41, 5.74) is 2.02. The molecule has 0 radical (unpaired) electrons. The van der Waals surface area contributed by atoms with Crippen LogP contribution in [-0.4, -0.2) is 44.8 Å². The highest BCUT2D eigenvalue weighted by atomic mass is 16.5. The predicted molar refractivity (Wildman–Crippen MR) is 88.0 cm³/mol. The van der Waals surface area contributed by atoms with Gasteiger partial charge in [0.15, 0.2) is 5.65 Å². The molecule has 0 bridgehead atoms. The van der Waals surface area contributed by atoms with Crippen molar-refractivity contribution in [2.45, 2.75) is 52.2 Å². The number of ether oxygens (including phenoxy) is 1. The highest BCUT2D eigenvalue weighted by Crippen LogP contribution is 2.23. The Morgan fingerprint density at radius 3 is 3.00 bits per heavy atom. The lowest BCUT2D eigenvalue weighted by Crippen LogP contribution is -2.36. The highest BCUT2D eigenvalue weighted by Gasteiger charge is 2.31. The molecule has 0 aromatic carbocycles. The van der Waals surface area contributed by atoms with Crippen molar-refractivity contribution in [3.05, 3.63) is 24.0 Å². The molecule has 0 aliphatic carbocycles. The molecule has 6 nitrogen and oxygen atoms in total. The largest absolute Gasteiger partial charge is 0.465 e. The van der Waals surface area contributed by atoms with E-state index in [-0.39, 0.29) is 18.1 Å². The average Bonchev–Trinajstić information content (AvgIpc) is 3.13. The van der Waals surface area contributed by atoms with E-state index in [2.05, 4.69) is 34.9 Å². The molecule has 2 aromatic heterocycles. The van der Waals surface area contributed by atoms with Crippen molar-refractivity contribution in [3.8, 4) is 0 Å². The topological polar surface area (TPSA) is 60.2 Å². The van der Waals surface area contributed by atoms with Gasteiger partial charge in [-0.3, -0.25) is 9.69 Å². The van der Waals surface area contributed by atoms with Crippen LogP contribution in [0.25, 0.3) is 11.0 Å². The maximum atomic E-state index is 12.0. The third-order valence-corrected chi connectivity index (χ3v) is 4.29. The third kappa shape index (κ3) is 3.22. The van der Waals surface area contributed by atoms with Gasteiger partial charge in [0.25, 0.3) is 0 Å². The van der Waals surface area contributed by atoms with Gasteiger partial charge in [-0.1, -0.05) is 0 Å². The molecular weight excluding hydrogens is 292 g/mol. The summed E-state index contributed by atoms with van der Waals surface area (Å²) in [7, 11) is 0. The van der Waals surface area contributed by atoms with Crippen LogP contribution in [0.2, 0.25) is 0 Å². The number of carbonyl (C=O) groups excluding carboxylic acids is 1. The molecule has 1 aliphatic heterocycles. The van der Waals surface area contributed by atoms with Gasteiger partial charge in [-0.15, -0.1) is 0 Å². The molecule has 23 heavy (non-hydrogen) atoms. The Kier molecular flexibility index (Phi) is 4.61. The first-order chi connectivity index (χ1) is 11.1. The molecule has 1 aliphatic rings. The first kappa shape index (κ1) is 15.9. The van der Waals surface area contributed by atoms with Crippen LogP contribution in [0, 0.1) is 0 Å². The second kappa shape index (κ2) is 6.66. The van der Waals surface area contributed by atoms with Crippen molar-refractivity contribution in [2.75, 3.05) is 13.2 Å². The highest BCUT2D eigenvalue weighted by molar-refractivity contribution is 5.76. The van der Waals surface area contributed by atoms with Crippen LogP contribution in [0.3, 0.4) is 0 Å². The molecule has 3 rings (SSSR count). The van der Waals surface area contributed by atoms with Crippen LogP contribution in [0.4, 0.5) is 0 Å². The summed E-state index contributed by atoms with van der Waals surface area (Å²) in [6.45, 7) is 8.12. The average molecular weight is 316 g/mol. The molecular formula is C17H24N4O2. The van der Waals surface area contributed by atoms with Gasteiger partial charge in [-0.2, -0.15) is 5.10 Å². The molecule has 124 valence electrons. The minimum atomic E-state index is -0.121. The van der Waals surface area contributed by atoms with Crippen molar-refractivity contribution in [1.82, 2.24) is 19.7 Å². The van der Waals surface area contributed by atoms with Crippen molar-refractivity contribution in [1.29, 1.82) is 0 Å². The molecule has 1 atom stereocenters. The first-order valence-corrected chi connectivity index (χ1v) is 8.33. The number of hydrogen-bond donors (Lipinski definition) is 0. The number of likely N-dealkylation sites (tertiary alicyclic amines) is 1. The van der Waals surface area contributed by atoms with Crippen LogP contribution < -0.4 is 0 Å². The van der Waals surface area contributed by atoms with E-state index < -0.39 is 0 Å². The normalized spacial score (nSPS) is 18.9. The van der Waals surface area contributed by atoms with E-state index in [1.165, 1.54) is 0 Å². The van der Waals surface area contributed by atoms with Gasteiger partial charge in [0.05, 0.1) is 12.8 Å². The van der Waals surface area contributed by atoms with Crippen molar-refractivity contribution in [2.24, 2.45) is 0 Å². The monoisotopic (exact) mass is 316 g/mol. The van der Waals surface area contributed by atoms with Gasteiger partial charge in [0, 0.05) is 24.2 Å². The smallest absolute Gasteiger partial charge is 0.323 e. The standard InChI is InChI=1S/C17H24N4O2/c1-4-23-17(22)15-6-5-7-20(15)11-13-8-14-10-19-21(12(2)3)16(14)18-9-13/h8-10,12,15H,4-7,11H2,1-3H3/t15-/m1/s1. The van der Waals surface area contributed by atoms with E-state index in [9.17, 15) is 4.79 Å². The Hall–Kier alpha value is -1.95. The lowest BCUT2D eigenvalue weighted by atomic mass is 10.2. The Balaban J connectivity index is 1.77. The fourth-order valence-corrected chi connectivity index (χ4v) is 3.21. The molecule has 0 N–H and O–H groups in total. The number of aromatic nitrogens is 3. The zero-order valence-corrected chi connectivity index (χ0v) is 14.0. The number of hydrogen-bond acceptors (Lipinski definition) is 5. The molecule has 0 amide bonds. The number of esters is 1. The van der Waals surface area contributed by atoms with Crippen LogP contribution in [0.5, 0.6) is 0 Å². The number of rotatable bonds is 5. The quantitative estimate of drug-likeness (QED) is 0.793. The number of nitrogens with zero attached hydrogens (tertiary/aromatic N) is 4. The zero-order valence-electron chi connectivity index (χ0n) is 14.0. The van der Waals surface area contributed by atoms with E-state index in [1.807, 2.05) is 24.0 Å². The molecule has 0 spiro atoms. The van der Waals surface area contributed by atoms with Crippen molar-refractivity contribution >= 4 is 17.0 Å². The van der Waals surface area contributed by atoms with Gasteiger partial charge in [-0.25, -0.2) is 9.67 Å². The van der Waals surface area contributed by atoms with Gasteiger partial charge in [0.1, 0.15) is 6.04 Å². The van der Waals surface area contributed by atoms with Gasteiger partial charge in [0.2, 0.25) is 0 Å². The minimum absolute atomic E-state index is 0.105. The number of pyridine rings is 1. The molecule has 0 saturated carbocycles. The molecule has 1 fully saturated rings. The summed E-state index contributed by atoms with van der Waals surface area (Å²) in [4.78, 5) is 18.8. The van der Waals surface area contributed by atoms with E-state index in [4.69, 9.17) is 4.74 Å². The molecule has 6 heteroatoms. The number of fused-ring (bicyclic) bond motifs is 1. The molecule has 2 aromatic rings. The van der Waals surface area contributed by atoms with E-state index in [0.717, 1.165) is 42.5 Å². The van der Waals surface area contributed by atoms with Crippen LogP contribution in [0.15, 0.2) is 18.5 Å². The molecule has 1 saturated heterocycles. The summed E-state index contributed by atoms with van der Waals surface area (Å²) in [6, 6.07) is 2.29. The van der Waals surface area contributed by atoms with E-state index in [1.54, 1.807) is 0 Å². The van der Waals surface area contributed by atoms with Crippen molar-refractivity contribution in [3.63, 3.8) is 0 Å². The first-order valence-electron chi connectivity index (χ1n) is 8.33. The van der Waals surface area contributed by atoms with Gasteiger partial charge < -0.3 is 4.74 Å². The van der Waals surface area contributed by atoms with Gasteiger partial charge >= 0.3 is 5.97 Å². The molecule has 0 unspecified atom stereocenters. The summed E-state index contributed by atoms with van der Waals surface area (Å²) in [5.74, 6) is -0.105. The summed E-state index contributed by atoms with van der Waals surface area (Å²) in [6.07, 6.45) is 5.66. The van der Waals surface area contributed by atoms with Gasteiger partial charge in [-0.05, 0) is 51.8 Å². The molecule has 3 heterocycles. The minimum Gasteiger partial charge on any atom is -0.465 e. The second-order valence-electron chi connectivity index (χ2n) is 6.32. The Morgan fingerprint density at radius 2 is 2.26 bits per heavy atom. The maximum absolute atomic E-state index is 12.0. The van der Waals surface area contributed by atoms with E-state index >= 15 is 0 Å². The predicted octanol–water partition coefficient (Wildman–Crippen LogP) is 2.54. The van der Waals surface area contributed by atoms with E-state index in [0.29, 0.717) is 6.61 Å². The Bertz CT molecular complexity index is 695. The SMILES string of the molecule is CCOC(=O)[C@H]1CCCN1Cc1cnc2c(cnn2C(C)C)c1. The zero-order chi connectivity index (χ0) is 16.4. The second-order valence-corrected chi connectivity index (χ2v) is 6.32. The third-order valence-electron chi connectivity index (χ3n) is 4.29.